The van der Waals surface area contributed by atoms with Gasteiger partial charge in [-0.25, -0.2) is 0 Å². The predicted octanol–water partition coefficient (Wildman–Crippen LogP) is 4.09. The number of hydrogen-bond acceptors (Lipinski definition) is 6. The number of likely N-dealkylation sites (tertiary alicyclic amines) is 1. The van der Waals surface area contributed by atoms with E-state index in [4.69, 9.17) is 26.5 Å². The van der Waals surface area contributed by atoms with E-state index in [1.54, 1.807) is 14.2 Å². The van der Waals surface area contributed by atoms with Gasteiger partial charge in [-0.1, -0.05) is 32.0 Å². The van der Waals surface area contributed by atoms with E-state index >= 15 is 0 Å². The van der Waals surface area contributed by atoms with Gasteiger partial charge in [-0.05, 0) is 59.6 Å². The van der Waals surface area contributed by atoms with Crippen molar-refractivity contribution in [1.82, 2.24) is 15.7 Å². The number of benzene rings is 2. The molecule has 0 aliphatic carbocycles. The third-order valence-corrected chi connectivity index (χ3v) is 7.00. The molecular weight excluding hydrogens is 476 g/mol. The molecule has 0 aromatic heterocycles. The number of piperidine rings is 1. The van der Waals surface area contributed by atoms with Crippen LogP contribution in [0.1, 0.15) is 43.7 Å². The number of hydroxylamine groups is 1. The Kier molecular flexibility index (Phi) is 8.01. The number of hydrogen-bond donors (Lipinski definition) is 3. The Morgan fingerprint density at radius 3 is 2.44 bits per heavy atom. The molecule has 1 spiro atoms. The first-order chi connectivity index (χ1) is 17.3. The number of amides is 1. The van der Waals surface area contributed by atoms with Crippen molar-refractivity contribution in [1.29, 1.82) is 0 Å². The number of carbonyl (C=O) groups excluding carboxylic acids is 1. The minimum Gasteiger partial charge on any atom is -0.493 e. The molecule has 1 fully saturated rings. The summed E-state index contributed by atoms with van der Waals surface area (Å²) in [6, 6.07) is 13.9. The van der Waals surface area contributed by atoms with E-state index in [9.17, 15) is 4.79 Å². The van der Waals surface area contributed by atoms with Gasteiger partial charge in [-0.3, -0.25) is 15.1 Å². The molecule has 0 bridgehead atoms. The number of nitrogens with one attached hydrogen (secondary N) is 3. The smallest absolute Gasteiger partial charge is 0.269 e. The molecule has 9 heteroatoms. The molecule has 1 saturated heterocycles. The predicted molar refractivity (Wildman–Crippen MR) is 144 cm³/mol. The zero-order valence-electron chi connectivity index (χ0n) is 21.2. The van der Waals surface area contributed by atoms with Crippen molar-refractivity contribution in [3.8, 4) is 11.5 Å². The van der Waals surface area contributed by atoms with E-state index < -0.39 is 5.60 Å². The van der Waals surface area contributed by atoms with Crippen molar-refractivity contribution in [3.05, 3.63) is 65.4 Å². The summed E-state index contributed by atoms with van der Waals surface area (Å²) in [6.07, 6.45) is 3.34. The minimum atomic E-state index is -0.513. The fourth-order valence-electron chi connectivity index (χ4n) is 4.35. The fraction of sp³-hybridized carbons (Fsp3) is 0.407. The van der Waals surface area contributed by atoms with E-state index in [1.165, 1.54) is 5.56 Å². The number of nitrogens with zero attached hydrogens (tertiary/aromatic N) is 1. The molecule has 0 saturated carbocycles. The van der Waals surface area contributed by atoms with Crippen molar-refractivity contribution in [2.75, 3.05) is 32.6 Å². The lowest BCUT2D eigenvalue weighted by molar-refractivity contribution is -0.120. The fourth-order valence-corrected chi connectivity index (χ4v) is 4.65. The zero-order chi connectivity index (χ0) is 25.7. The van der Waals surface area contributed by atoms with Crippen LogP contribution >= 0.6 is 12.2 Å². The Morgan fingerprint density at radius 1 is 1.11 bits per heavy atom. The lowest BCUT2D eigenvalue weighted by Crippen LogP contribution is -2.48. The standard InChI is InChI=1S/C27H34N4O4S/c1-18(2)20-6-8-21(9-7-20)29-26(36)31-13-11-27(12-14-31)16-22(30-35-27)25(32)28-17-19-5-10-23(33-3)24(15-19)34-4/h5-10,15-16,18,30H,11-14,17H2,1-4H3,(H,28,32)(H,29,36). The van der Waals surface area contributed by atoms with Crippen LogP contribution in [-0.4, -0.2) is 48.8 Å². The van der Waals surface area contributed by atoms with Crippen molar-refractivity contribution >= 4 is 28.9 Å². The van der Waals surface area contributed by atoms with Gasteiger partial charge >= 0.3 is 0 Å². The van der Waals surface area contributed by atoms with Gasteiger partial charge in [0.1, 0.15) is 11.3 Å². The molecule has 2 heterocycles. The van der Waals surface area contributed by atoms with Gasteiger partial charge in [0.05, 0.1) is 14.2 Å². The van der Waals surface area contributed by atoms with Gasteiger partial charge in [-0.15, -0.1) is 0 Å². The van der Waals surface area contributed by atoms with Gasteiger partial charge in [-0.2, -0.15) is 0 Å². The number of ether oxygens (including phenoxy) is 2. The van der Waals surface area contributed by atoms with Crippen LogP contribution in [0.2, 0.25) is 0 Å². The third-order valence-electron chi connectivity index (χ3n) is 6.64. The maximum Gasteiger partial charge on any atom is 0.269 e. The van der Waals surface area contributed by atoms with Crippen LogP contribution < -0.4 is 25.6 Å². The number of rotatable bonds is 7. The Balaban J connectivity index is 1.28. The number of methoxy groups -OCH3 is 2. The lowest BCUT2D eigenvalue weighted by Gasteiger charge is -2.37. The van der Waals surface area contributed by atoms with Crippen LogP contribution in [0.5, 0.6) is 11.5 Å². The molecule has 2 aromatic rings. The van der Waals surface area contributed by atoms with Gasteiger partial charge in [0.15, 0.2) is 16.6 Å². The van der Waals surface area contributed by atoms with Crippen molar-refractivity contribution in [3.63, 3.8) is 0 Å². The first-order valence-corrected chi connectivity index (χ1v) is 12.5. The van der Waals surface area contributed by atoms with Crippen molar-refractivity contribution in [2.45, 2.75) is 44.8 Å². The average Bonchev–Trinajstić information content (AvgIpc) is 3.31. The third kappa shape index (κ3) is 5.91. The summed E-state index contributed by atoms with van der Waals surface area (Å²) in [5.74, 6) is 1.55. The SMILES string of the molecule is COc1ccc(CNC(=O)C2=CC3(CCN(C(=S)Nc4ccc(C(C)C)cc4)CC3)ON2)cc1OC. The molecule has 2 aliphatic heterocycles. The molecule has 192 valence electrons. The Labute approximate surface area is 217 Å². The largest absolute Gasteiger partial charge is 0.493 e. The summed E-state index contributed by atoms with van der Waals surface area (Å²) >= 11 is 5.64. The molecule has 3 N–H and O–H groups in total. The molecule has 8 nitrogen and oxygen atoms in total. The van der Waals surface area contributed by atoms with E-state index in [1.807, 2.05) is 24.3 Å². The van der Waals surface area contributed by atoms with Crippen molar-refractivity contribution < 1.29 is 19.1 Å². The van der Waals surface area contributed by atoms with E-state index in [-0.39, 0.29) is 5.91 Å². The maximum atomic E-state index is 12.7. The van der Waals surface area contributed by atoms with Crippen LogP contribution in [0.3, 0.4) is 0 Å². The molecule has 4 rings (SSSR count). The highest BCUT2D eigenvalue weighted by Gasteiger charge is 2.40. The second kappa shape index (κ2) is 11.2. The summed E-state index contributed by atoms with van der Waals surface area (Å²) in [4.78, 5) is 20.8. The molecular formula is C27H34N4O4S. The molecule has 2 aromatic carbocycles. The first kappa shape index (κ1) is 25.8. The number of carbonyl (C=O) groups is 1. The molecule has 1 amide bonds. The number of anilines is 1. The molecule has 0 unspecified atom stereocenters. The molecule has 2 aliphatic rings. The van der Waals surface area contributed by atoms with Crippen molar-refractivity contribution in [2.24, 2.45) is 0 Å². The highest BCUT2D eigenvalue weighted by Crippen LogP contribution is 2.32. The van der Waals surface area contributed by atoms with Gasteiger partial charge in [0.25, 0.3) is 5.91 Å². The summed E-state index contributed by atoms with van der Waals surface area (Å²) < 4.78 is 10.6. The first-order valence-electron chi connectivity index (χ1n) is 12.1. The maximum absolute atomic E-state index is 12.7. The minimum absolute atomic E-state index is 0.217. The van der Waals surface area contributed by atoms with Gasteiger partial charge in [0, 0.05) is 38.2 Å². The highest BCUT2D eigenvalue weighted by molar-refractivity contribution is 7.80. The van der Waals surface area contributed by atoms with Gasteiger partial charge in [0.2, 0.25) is 0 Å². The van der Waals surface area contributed by atoms with Crippen LogP contribution in [0, 0.1) is 0 Å². The quantitative estimate of drug-likeness (QED) is 0.481. The molecule has 36 heavy (non-hydrogen) atoms. The topological polar surface area (TPSA) is 84.1 Å². The van der Waals surface area contributed by atoms with Crippen LogP contribution in [0.4, 0.5) is 5.69 Å². The Hall–Kier alpha value is -3.30. The Bertz CT molecular complexity index is 1130. The second-order valence-corrected chi connectivity index (χ2v) is 9.78. The molecule has 0 radical (unpaired) electrons. The lowest BCUT2D eigenvalue weighted by atomic mass is 9.91. The summed E-state index contributed by atoms with van der Waals surface area (Å²) in [5.41, 5.74) is 5.93. The summed E-state index contributed by atoms with van der Waals surface area (Å²) in [6.45, 7) is 6.18. The normalized spacial score (nSPS) is 16.4. The Morgan fingerprint density at radius 2 is 1.81 bits per heavy atom. The van der Waals surface area contributed by atoms with Gasteiger partial charge < -0.3 is 25.0 Å². The van der Waals surface area contributed by atoms with Crippen LogP contribution in [0.25, 0.3) is 0 Å². The van der Waals surface area contributed by atoms with E-state index in [2.05, 4.69) is 59.1 Å². The monoisotopic (exact) mass is 510 g/mol. The van der Waals surface area contributed by atoms with E-state index in [0.717, 1.165) is 37.2 Å². The highest BCUT2D eigenvalue weighted by atomic mass is 32.1. The van der Waals surface area contributed by atoms with Crippen LogP contribution in [-0.2, 0) is 16.2 Å². The molecule has 0 atom stereocenters. The number of thiocarbonyl (C=S) groups is 1. The van der Waals surface area contributed by atoms with E-state index in [0.29, 0.717) is 34.8 Å². The van der Waals surface area contributed by atoms with Crippen LogP contribution in [0.15, 0.2) is 54.2 Å². The summed E-state index contributed by atoms with van der Waals surface area (Å²) in [7, 11) is 3.18. The second-order valence-electron chi connectivity index (χ2n) is 9.39. The average molecular weight is 511 g/mol. The zero-order valence-corrected chi connectivity index (χ0v) is 22.0. The summed E-state index contributed by atoms with van der Waals surface area (Å²) in [5, 5.41) is 6.96.